The molecule has 0 saturated carbocycles. The second-order valence-corrected chi connectivity index (χ2v) is 4.86. The number of piperidine rings is 1. The molecule has 0 N–H and O–H groups in total. The van der Waals surface area contributed by atoms with Gasteiger partial charge in [0.05, 0.1) is 7.11 Å². The van der Waals surface area contributed by atoms with Gasteiger partial charge < -0.3 is 9.47 Å². The Labute approximate surface area is 114 Å². The molecule has 1 heterocycles. The summed E-state index contributed by atoms with van der Waals surface area (Å²) in [7, 11) is 1.60. The molecule has 0 spiro atoms. The molecule has 0 aliphatic carbocycles. The van der Waals surface area contributed by atoms with Crippen molar-refractivity contribution in [1.29, 1.82) is 0 Å². The zero-order valence-corrected chi connectivity index (χ0v) is 11.5. The third-order valence-electron chi connectivity index (χ3n) is 3.42. The number of methoxy groups -OCH3 is 1. The third kappa shape index (κ3) is 4.10. The summed E-state index contributed by atoms with van der Waals surface area (Å²) in [6, 6.07) is 5.91. The molecule has 4 heteroatoms. The Balaban J connectivity index is 2.03. The van der Waals surface area contributed by atoms with Gasteiger partial charge in [-0.3, -0.25) is 4.90 Å². The van der Waals surface area contributed by atoms with Gasteiger partial charge in [-0.2, -0.15) is 0 Å². The molecule has 1 aliphatic rings. The van der Waals surface area contributed by atoms with E-state index in [9.17, 15) is 4.39 Å². The van der Waals surface area contributed by atoms with Crippen molar-refractivity contribution in [2.75, 3.05) is 33.5 Å². The molecule has 1 aliphatic heterocycles. The molecule has 0 radical (unpaired) electrons. The topological polar surface area (TPSA) is 21.7 Å². The van der Waals surface area contributed by atoms with E-state index in [2.05, 4.69) is 11.0 Å². The first-order valence-electron chi connectivity index (χ1n) is 6.91. The maximum absolute atomic E-state index is 12.2. The highest BCUT2D eigenvalue weighted by atomic mass is 19.1. The third-order valence-corrected chi connectivity index (χ3v) is 3.42. The highest BCUT2D eigenvalue weighted by molar-refractivity contribution is 5.43. The molecule has 1 aromatic rings. The number of hydrogen-bond acceptors (Lipinski definition) is 3. The van der Waals surface area contributed by atoms with Crippen molar-refractivity contribution >= 4 is 0 Å². The molecular formula is C15H22FNO2. The Morgan fingerprint density at radius 2 is 1.95 bits per heavy atom. The Bertz CT molecular complexity index is 392. The van der Waals surface area contributed by atoms with Crippen LogP contribution in [0, 0.1) is 0 Å². The number of ether oxygens (including phenoxy) is 2. The number of likely N-dealkylation sites (tertiary alicyclic amines) is 1. The molecule has 106 valence electrons. The zero-order valence-electron chi connectivity index (χ0n) is 11.5. The quantitative estimate of drug-likeness (QED) is 0.791. The van der Waals surface area contributed by atoms with E-state index in [0.29, 0.717) is 11.5 Å². The second kappa shape index (κ2) is 7.34. The molecule has 0 amide bonds. The number of rotatable bonds is 6. The van der Waals surface area contributed by atoms with Gasteiger partial charge >= 0.3 is 0 Å². The lowest BCUT2D eigenvalue weighted by Gasteiger charge is -2.26. The van der Waals surface area contributed by atoms with E-state index in [1.54, 1.807) is 7.11 Å². The summed E-state index contributed by atoms with van der Waals surface area (Å²) in [6.45, 7) is 2.83. The van der Waals surface area contributed by atoms with E-state index in [4.69, 9.17) is 9.47 Å². The van der Waals surface area contributed by atoms with Gasteiger partial charge in [0.2, 0.25) is 0 Å². The van der Waals surface area contributed by atoms with Gasteiger partial charge in [-0.1, -0.05) is 12.5 Å². The van der Waals surface area contributed by atoms with Gasteiger partial charge in [0.25, 0.3) is 0 Å². The van der Waals surface area contributed by atoms with Crippen LogP contribution in [0.1, 0.15) is 24.8 Å². The number of halogens is 1. The summed E-state index contributed by atoms with van der Waals surface area (Å²) >= 11 is 0. The van der Waals surface area contributed by atoms with Crippen LogP contribution in [0.3, 0.4) is 0 Å². The van der Waals surface area contributed by atoms with Crippen molar-refractivity contribution < 1.29 is 13.9 Å². The van der Waals surface area contributed by atoms with Crippen LogP contribution in [0.25, 0.3) is 0 Å². The largest absolute Gasteiger partial charge is 0.493 e. The van der Waals surface area contributed by atoms with Gasteiger partial charge in [0.1, 0.15) is 13.3 Å². The minimum atomic E-state index is -0.487. The summed E-state index contributed by atoms with van der Waals surface area (Å²) in [5.41, 5.74) is 1.19. The number of alkyl halides is 1. The number of benzene rings is 1. The van der Waals surface area contributed by atoms with Crippen LogP contribution < -0.4 is 9.47 Å². The molecule has 3 nitrogen and oxygen atoms in total. The van der Waals surface area contributed by atoms with Crippen molar-refractivity contribution in [1.82, 2.24) is 4.90 Å². The molecule has 0 unspecified atom stereocenters. The first-order chi connectivity index (χ1) is 9.33. The summed E-state index contributed by atoms with van der Waals surface area (Å²) in [4.78, 5) is 2.45. The summed E-state index contributed by atoms with van der Waals surface area (Å²) < 4.78 is 22.8. The van der Waals surface area contributed by atoms with E-state index in [0.717, 1.165) is 19.6 Å². The summed E-state index contributed by atoms with van der Waals surface area (Å²) in [6.07, 6.45) is 3.90. The summed E-state index contributed by atoms with van der Waals surface area (Å²) in [5, 5.41) is 0. The molecule has 0 aromatic heterocycles. The van der Waals surface area contributed by atoms with Crippen LogP contribution in [0.2, 0.25) is 0 Å². The van der Waals surface area contributed by atoms with Gasteiger partial charge in [0.15, 0.2) is 11.5 Å². The van der Waals surface area contributed by atoms with Crippen LogP contribution in [-0.2, 0) is 6.54 Å². The van der Waals surface area contributed by atoms with Crippen LogP contribution >= 0.6 is 0 Å². The van der Waals surface area contributed by atoms with E-state index in [1.165, 1.54) is 24.8 Å². The Morgan fingerprint density at radius 1 is 1.16 bits per heavy atom. The number of hydrogen-bond donors (Lipinski definition) is 0. The molecule has 1 fully saturated rings. The van der Waals surface area contributed by atoms with Gasteiger partial charge in [0, 0.05) is 6.54 Å². The van der Waals surface area contributed by atoms with Crippen LogP contribution in [-0.4, -0.2) is 38.4 Å². The number of nitrogens with zero attached hydrogens (tertiary/aromatic N) is 1. The van der Waals surface area contributed by atoms with Crippen molar-refractivity contribution in [2.24, 2.45) is 0 Å². The molecule has 1 aromatic carbocycles. The van der Waals surface area contributed by atoms with Crippen LogP contribution in [0.15, 0.2) is 18.2 Å². The lowest BCUT2D eigenvalue weighted by molar-refractivity contribution is 0.220. The van der Waals surface area contributed by atoms with E-state index in [-0.39, 0.29) is 6.61 Å². The summed E-state index contributed by atoms with van der Waals surface area (Å²) in [5.74, 6) is 1.30. The fourth-order valence-electron chi connectivity index (χ4n) is 2.46. The molecule has 1 saturated heterocycles. The standard InChI is InChI=1S/C15H22FNO2/c1-18-14-6-5-13(11-15(14)19-10-7-16)12-17-8-3-2-4-9-17/h5-6,11H,2-4,7-10,12H2,1H3. The predicted octanol–water partition coefficient (Wildman–Crippen LogP) is 3.03. The normalized spacial score (nSPS) is 16.3. The van der Waals surface area contributed by atoms with Crippen molar-refractivity contribution in [3.05, 3.63) is 23.8 Å². The highest BCUT2D eigenvalue weighted by Crippen LogP contribution is 2.28. The van der Waals surface area contributed by atoms with Gasteiger partial charge in [-0.25, -0.2) is 4.39 Å². The van der Waals surface area contributed by atoms with E-state index < -0.39 is 6.67 Å². The SMILES string of the molecule is COc1ccc(CN2CCCCC2)cc1OCCF. The van der Waals surface area contributed by atoms with Gasteiger partial charge in [-0.15, -0.1) is 0 Å². The Kier molecular flexibility index (Phi) is 5.45. The molecular weight excluding hydrogens is 245 g/mol. The fraction of sp³-hybridized carbons (Fsp3) is 0.600. The Morgan fingerprint density at radius 3 is 2.63 bits per heavy atom. The average Bonchev–Trinajstić information content (AvgIpc) is 2.46. The zero-order chi connectivity index (χ0) is 13.5. The molecule has 19 heavy (non-hydrogen) atoms. The van der Waals surface area contributed by atoms with Crippen LogP contribution in [0.5, 0.6) is 11.5 Å². The molecule has 0 atom stereocenters. The van der Waals surface area contributed by atoms with Gasteiger partial charge in [-0.05, 0) is 43.6 Å². The highest BCUT2D eigenvalue weighted by Gasteiger charge is 2.12. The average molecular weight is 267 g/mol. The van der Waals surface area contributed by atoms with E-state index in [1.807, 2.05) is 12.1 Å². The van der Waals surface area contributed by atoms with Crippen molar-refractivity contribution in [3.8, 4) is 11.5 Å². The van der Waals surface area contributed by atoms with E-state index >= 15 is 0 Å². The first kappa shape index (κ1) is 14.1. The fourth-order valence-corrected chi connectivity index (χ4v) is 2.46. The maximum Gasteiger partial charge on any atom is 0.161 e. The minimum Gasteiger partial charge on any atom is -0.493 e. The monoisotopic (exact) mass is 267 g/mol. The van der Waals surface area contributed by atoms with Crippen molar-refractivity contribution in [3.63, 3.8) is 0 Å². The first-order valence-corrected chi connectivity index (χ1v) is 6.91. The predicted molar refractivity (Wildman–Crippen MR) is 73.6 cm³/mol. The maximum atomic E-state index is 12.2. The van der Waals surface area contributed by atoms with Crippen LogP contribution in [0.4, 0.5) is 4.39 Å². The van der Waals surface area contributed by atoms with Crippen molar-refractivity contribution in [2.45, 2.75) is 25.8 Å². The second-order valence-electron chi connectivity index (χ2n) is 4.86. The lowest BCUT2D eigenvalue weighted by atomic mass is 10.1. The smallest absolute Gasteiger partial charge is 0.161 e. The minimum absolute atomic E-state index is 0.0729. The molecule has 0 bridgehead atoms. The lowest BCUT2D eigenvalue weighted by Crippen LogP contribution is -2.29. The molecule has 2 rings (SSSR count). The Hall–Kier alpha value is -1.29.